The lowest BCUT2D eigenvalue weighted by Gasteiger charge is -2.16. The van der Waals surface area contributed by atoms with Gasteiger partial charge in [-0.3, -0.25) is 9.36 Å². The van der Waals surface area contributed by atoms with Gasteiger partial charge in [-0.2, -0.15) is 0 Å². The van der Waals surface area contributed by atoms with E-state index in [1.807, 2.05) is 44.2 Å². The van der Waals surface area contributed by atoms with E-state index in [1.165, 1.54) is 17.9 Å². The summed E-state index contributed by atoms with van der Waals surface area (Å²) in [5, 5.41) is 0.673. The van der Waals surface area contributed by atoms with Gasteiger partial charge >= 0.3 is 5.97 Å². The molecule has 1 atom stereocenters. The molecule has 0 aliphatic rings. The second kappa shape index (κ2) is 7.04. The molecule has 1 aromatic heterocycles. The first-order valence-electron chi connectivity index (χ1n) is 8.39. The lowest BCUT2D eigenvalue weighted by molar-refractivity contribution is 0.0602. The fraction of sp³-hybridized carbons (Fsp3) is 0.238. The third-order valence-electron chi connectivity index (χ3n) is 4.34. The number of para-hydroxylation sites is 1. The molecule has 134 valence electrons. The molecule has 5 heteroatoms. The van der Waals surface area contributed by atoms with Crippen LogP contribution in [0, 0.1) is 13.8 Å². The van der Waals surface area contributed by atoms with Crippen molar-refractivity contribution >= 4 is 22.8 Å². The second-order valence-electron chi connectivity index (χ2n) is 6.29. The number of hydrogen-bond donors (Lipinski definition) is 0. The Hall–Kier alpha value is -3.08. The SMILES string of the molecule is COC(=O)c1cn(C(=O)[C@@H](C)Oc2ccc(C)cc2C)c2ccccc12. The average molecular weight is 351 g/mol. The van der Waals surface area contributed by atoms with E-state index >= 15 is 0 Å². The number of methoxy groups -OCH3 is 1. The van der Waals surface area contributed by atoms with Crippen molar-refractivity contribution in [2.45, 2.75) is 26.9 Å². The van der Waals surface area contributed by atoms with Crippen molar-refractivity contribution in [2.24, 2.45) is 0 Å². The maximum Gasteiger partial charge on any atom is 0.340 e. The van der Waals surface area contributed by atoms with Crippen LogP contribution >= 0.6 is 0 Å². The number of carbonyl (C=O) groups is 2. The largest absolute Gasteiger partial charge is 0.481 e. The molecular weight excluding hydrogens is 330 g/mol. The van der Waals surface area contributed by atoms with Crippen molar-refractivity contribution < 1.29 is 19.1 Å². The van der Waals surface area contributed by atoms with Gasteiger partial charge in [0.2, 0.25) is 0 Å². The van der Waals surface area contributed by atoms with Crippen molar-refractivity contribution in [3.8, 4) is 5.75 Å². The third-order valence-corrected chi connectivity index (χ3v) is 4.34. The van der Waals surface area contributed by atoms with E-state index in [9.17, 15) is 9.59 Å². The maximum absolute atomic E-state index is 13.0. The number of carbonyl (C=O) groups excluding carboxylic acids is 2. The topological polar surface area (TPSA) is 57.5 Å². The van der Waals surface area contributed by atoms with Gasteiger partial charge in [-0.25, -0.2) is 4.79 Å². The van der Waals surface area contributed by atoms with E-state index < -0.39 is 12.1 Å². The van der Waals surface area contributed by atoms with E-state index in [4.69, 9.17) is 9.47 Å². The zero-order valence-electron chi connectivity index (χ0n) is 15.3. The average Bonchev–Trinajstić information content (AvgIpc) is 3.02. The summed E-state index contributed by atoms with van der Waals surface area (Å²) in [6.07, 6.45) is 0.804. The lowest BCUT2D eigenvalue weighted by Crippen LogP contribution is -2.29. The van der Waals surface area contributed by atoms with E-state index in [0.29, 0.717) is 22.2 Å². The zero-order chi connectivity index (χ0) is 18.8. The van der Waals surface area contributed by atoms with Gasteiger partial charge in [0.25, 0.3) is 5.91 Å². The fourth-order valence-electron chi connectivity index (χ4n) is 3.00. The molecule has 0 aliphatic heterocycles. The van der Waals surface area contributed by atoms with Gasteiger partial charge in [0.15, 0.2) is 6.10 Å². The molecule has 0 amide bonds. The van der Waals surface area contributed by atoms with Crippen LogP contribution < -0.4 is 4.74 Å². The molecule has 0 radical (unpaired) electrons. The standard InChI is InChI=1S/C21H21NO4/c1-13-9-10-19(14(2)11-13)26-15(3)20(23)22-12-17(21(24)25-4)16-7-5-6-8-18(16)22/h5-12,15H,1-4H3/t15-/m1/s1. The quantitative estimate of drug-likeness (QED) is 0.663. The predicted molar refractivity (Wildman–Crippen MR) is 99.9 cm³/mol. The summed E-state index contributed by atoms with van der Waals surface area (Å²) in [6.45, 7) is 5.65. The Labute approximate surface area is 152 Å². The van der Waals surface area contributed by atoms with E-state index in [2.05, 4.69) is 0 Å². The van der Waals surface area contributed by atoms with Crippen LogP contribution in [0.2, 0.25) is 0 Å². The van der Waals surface area contributed by atoms with Crippen molar-refractivity contribution in [3.63, 3.8) is 0 Å². The predicted octanol–water partition coefficient (Wildman–Crippen LogP) is 4.15. The summed E-state index contributed by atoms with van der Waals surface area (Å²) < 4.78 is 12.2. The van der Waals surface area contributed by atoms with Crippen molar-refractivity contribution in [1.82, 2.24) is 4.57 Å². The molecule has 26 heavy (non-hydrogen) atoms. The van der Waals surface area contributed by atoms with Crippen LogP contribution in [0.3, 0.4) is 0 Å². The van der Waals surface area contributed by atoms with Crippen LogP contribution in [0.25, 0.3) is 10.9 Å². The highest BCUT2D eigenvalue weighted by molar-refractivity contribution is 6.07. The monoisotopic (exact) mass is 351 g/mol. The Morgan fingerprint density at radius 3 is 2.50 bits per heavy atom. The second-order valence-corrected chi connectivity index (χ2v) is 6.29. The van der Waals surface area contributed by atoms with Crippen LogP contribution in [0.5, 0.6) is 5.75 Å². The molecule has 0 spiro atoms. The summed E-state index contributed by atoms with van der Waals surface area (Å²) in [5.41, 5.74) is 3.11. The molecule has 3 rings (SSSR count). The van der Waals surface area contributed by atoms with Crippen molar-refractivity contribution in [3.05, 3.63) is 65.4 Å². The van der Waals surface area contributed by atoms with E-state index in [1.54, 1.807) is 19.1 Å². The van der Waals surface area contributed by atoms with Gasteiger partial charge < -0.3 is 9.47 Å². The van der Waals surface area contributed by atoms with Crippen LogP contribution in [-0.4, -0.2) is 29.7 Å². The van der Waals surface area contributed by atoms with E-state index in [-0.39, 0.29) is 5.91 Å². The van der Waals surface area contributed by atoms with Gasteiger partial charge in [0.1, 0.15) is 5.75 Å². The van der Waals surface area contributed by atoms with Crippen LogP contribution in [0.1, 0.15) is 33.2 Å². The first-order chi connectivity index (χ1) is 12.4. The highest BCUT2D eigenvalue weighted by atomic mass is 16.5. The number of esters is 1. The Kier molecular flexibility index (Phi) is 4.80. The molecule has 5 nitrogen and oxygen atoms in total. The Morgan fingerprint density at radius 2 is 1.81 bits per heavy atom. The Morgan fingerprint density at radius 1 is 1.08 bits per heavy atom. The summed E-state index contributed by atoms with van der Waals surface area (Å²) >= 11 is 0. The molecule has 0 N–H and O–H groups in total. The van der Waals surface area contributed by atoms with Crippen molar-refractivity contribution in [1.29, 1.82) is 0 Å². The minimum Gasteiger partial charge on any atom is -0.481 e. The molecule has 0 saturated carbocycles. The summed E-state index contributed by atoms with van der Waals surface area (Å²) in [7, 11) is 1.32. The Balaban J connectivity index is 1.95. The number of ether oxygens (including phenoxy) is 2. The van der Waals surface area contributed by atoms with Crippen molar-refractivity contribution in [2.75, 3.05) is 7.11 Å². The molecule has 0 bridgehead atoms. The van der Waals surface area contributed by atoms with Gasteiger partial charge in [-0.1, -0.05) is 35.9 Å². The van der Waals surface area contributed by atoms with Crippen LogP contribution in [0.15, 0.2) is 48.7 Å². The van der Waals surface area contributed by atoms with Gasteiger partial charge in [-0.05, 0) is 38.5 Å². The molecular formula is C21H21NO4. The molecule has 0 unspecified atom stereocenters. The molecule has 3 aromatic rings. The van der Waals surface area contributed by atoms with E-state index in [0.717, 1.165) is 11.1 Å². The molecule has 0 fully saturated rings. The summed E-state index contributed by atoms with van der Waals surface area (Å²) in [5.74, 6) is -0.0619. The first kappa shape index (κ1) is 17.7. The highest BCUT2D eigenvalue weighted by Crippen LogP contribution is 2.24. The molecule has 2 aromatic carbocycles. The normalized spacial score (nSPS) is 12.0. The number of aryl methyl sites for hydroxylation is 2. The number of aromatic nitrogens is 1. The number of nitrogens with zero attached hydrogens (tertiary/aromatic N) is 1. The zero-order valence-corrected chi connectivity index (χ0v) is 15.3. The van der Waals surface area contributed by atoms with Gasteiger partial charge in [0, 0.05) is 11.6 Å². The summed E-state index contributed by atoms with van der Waals surface area (Å²) in [4.78, 5) is 25.0. The summed E-state index contributed by atoms with van der Waals surface area (Å²) in [6, 6.07) is 13.0. The maximum atomic E-state index is 13.0. The number of fused-ring (bicyclic) bond motifs is 1. The smallest absolute Gasteiger partial charge is 0.340 e. The fourth-order valence-corrected chi connectivity index (χ4v) is 3.00. The molecule has 0 saturated heterocycles. The first-order valence-corrected chi connectivity index (χ1v) is 8.39. The highest BCUT2D eigenvalue weighted by Gasteiger charge is 2.23. The number of rotatable bonds is 4. The molecule has 0 aliphatic carbocycles. The Bertz CT molecular complexity index is 987. The van der Waals surface area contributed by atoms with Gasteiger partial charge in [0.05, 0.1) is 18.2 Å². The lowest BCUT2D eigenvalue weighted by atomic mass is 10.1. The van der Waals surface area contributed by atoms with Crippen LogP contribution in [0.4, 0.5) is 0 Å². The minimum absolute atomic E-state index is 0.253. The number of hydrogen-bond acceptors (Lipinski definition) is 4. The number of benzene rings is 2. The third kappa shape index (κ3) is 3.20. The molecule has 1 heterocycles. The van der Waals surface area contributed by atoms with Crippen LogP contribution in [-0.2, 0) is 4.74 Å². The minimum atomic E-state index is -0.710. The van der Waals surface area contributed by atoms with Gasteiger partial charge in [-0.15, -0.1) is 0 Å².